The van der Waals surface area contributed by atoms with Gasteiger partial charge in [-0.3, -0.25) is 0 Å². The fraction of sp³-hybridized carbons (Fsp3) is 0.375. The number of hydrogen-bond acceptors (Lipinski definition) is 6. The molecule has 0 radical (unpaired) electrons. The van der Waals surface area contributed by atoms with E-state index in [2.05, 4.69) is 25.0 Å². The van der Waals surface area contributed by atoms with E-state index >= 15 is 0 Å². The lowest BCUT2D eigenvalue weighted by Gasteiger charge is -2.32. The summed E-state index contributed by atoms with van der Waals surface area (Å²) in [5.74, 6) is 2.57. The number of benzene rings is 1. The molecule has 23 heavy (non-hydrogen) atoms. The van der Waals surface area contributed by atoms with Crippen LogP contribution in [0.4, 0.5) is 5.82 Å². The van der Waals surface area contributed by atoms with E-state index in [1.165, 1.54) is 0 Å². The highest BCUT2D eigenvalue weighted by Gasteiger charge is 2.27. The maximum Gasteiger partial charge on any atom is 0.231 e. The van der Waals surface area contributed by atoms with Crippen LogP contribution in [0.3, 0.4) is 0 Å². The predicted octanol–water partition coefficient (Wildman–Crippen LogP) is 3.36. The minimum atomic E-state index is 0.238. The number of rotatable bonds is 2. The zero-order valence-electron chi connectivity index (χ0n) is 12.7. The smallest absolute Gasteiger partial charge is 0.231 e. The van der Waals surface area contributed by atoms with Crippen molar-refractivity contribution in [1.82, 2.24) is 20.1 Å². The van der Waals surface area contributed by atoms with Crippen LogP contribution in [0.5, 0.6) is 0 Å². The highest BCUT2D eigenvalue weighted by Crippen LogP contribution is 2.32. The van der Waals surface area contributed by atoms with Gasteiger partial charge < -0.3 is 9.42 Å². The largest absolute Gasteiger partial charge is 0.355 e. The van der Waals surface area contributed by atoms with E-state index in [0.29, 0.717) is 16.7 Å². The monoisotopic (exact) mass is 329 g/mol. The molecule has 0 aliphatic carbocycles. The zero-order valence-corrected chi connectivity index (χ0v) is 13.5. The number of aromatic nitrogens is 4. The van der Waals surface area contributed by atoms with Crippen molar-refractivity contribution in [3.8, 4) is 0 Å². The van der Waals surface area contributed by atoms with Gasteiger partial charge in [-0.25, -0.2) is 9.97 Å². The summed E-state index contributed by atoms with van der Waals surface area (Å²) in [6, 6.07) is 5.72. The Labute approximate surface area is 138 Å². The van der Waals surface area contributed by atoms with Gasteiger partial charge in [0.25, 0.3) is 0 Å². The van der Waals surface area contributed by atoms with Crippen molar-refractivity contribution in [1.29, 1.82) is 0 Å². The molecule has 0 saturated carbocycles. The Balaban J connectivity index is 1.67. The molecule has 1 unspecified atom stereocenters. The number of aryl methyl sites for hydroxylation is 1. The van der Waals surface area contributed by atoms with Crippen LogP contribution in [-0.2, 0) is 0 Å². The number of nitrogens with zero attached hydrogens (tertiary/aromatic N) is 5. The van der Waals surface area contributed by atoms with Crippen LogP contribution in [0.25, 0.3) is 10.9 Å². The average Bonchev–Trinajstić information content (AvgIpc) is 3.01. The Hall–Kier alpha value is -2.21. The second-order valence-electron chi connectivity index (χ2n) is 5.82. The van der Waals surface area contributed by atoms with E-state index in [1.54, 1.807) is 6.33 Å². The second-order valence-corrected chi connectivity index (χ2v) is 6.26. The minimum Gasteiger partial charge on any atom is -0.355 e. The first-order chi connectivity index (χ1) is 11.2. The molecule has 1 aliphatic rings. The Morgan fingerprint density at radius 1 is 1.30 bits per heavy atom. The molecule has 1 aliphatic heterocycles. The fourth-order valence-electron chi connectivity index (χ4n) is 3.12. The van der Waals surface area contributed by atoms with Crippen molar-refractivity contribution in [3.05, 3.63) is 41.3 Å². The molecule has 0 N–H and O–H groups in total. The highest BCUT2D eigenvalue weighted by atomic mass is 35.5. The standard InChI is InChI=1S/C16H16ClN5O/c1-10-20-16(23-21-10)11-3-2-6-22(8-11)15-13-5-4-12(17)7-14(13)18-9-19-15/h4-5,7,9,11H,2-3,6,8H2,1H3. The van der Waals surface area contributed by atoms with E-state index in [-0.39, 0.29) is 5.92 Å². The van der Waals surface area contributed by atoms with Gasteiger partial charge in [0.15, 0.2) is 5.82 Å². The average molecular weight is 330 g/mol. The third-order valence-corrected chi connectivity index (χ3v) is 4.43. The molecule has 0 bridgehead atoms. The third-order valence-electron chi connectivity index (χ3n) is 4.19. The summed E-state index contributed by atoms with van der Waals surface area (Å²) in [5.41, 5.74) is 0.859. The maximum atomic E-state index is 6.06. The first-order valence-electron chi connectivity index (χ1n) is 7.66. The number of anilines is 1. The zero-order chi connectivity index (χ0) is 15.8. The number of halogens is 1. The molecular weight excluding hydrogens is 314 g/mol. The van der Waals surface area contributed by atoms with Gasteiger partial charge in [-0.2, -0.15) is 4.98 Å². The van der Waals surface area contributed by atoms with Gasteiger partial charge in [0, 0.05) is 23.5 Å². The van der Waals surface area contributed by atoms with Crippen LogP contribution in [0.15, 0.2) is 29.0 Å². The lowest BCUT2D eigenvalue weighted by molar-refractivity contribution is 0.331. The second kappa shape index (κ2) is 5.77. The van der Waals surface area contributed by atoms with Gasteiger partial charge in [-0.05, 0) is 38.0 Å². The van der Waals surface area contributed by atoms with Crippen LogP contribution in [-0.4, -0.2) is 33.2 Å². The van der Waals surface area contributed by atoms with Crippen molar-refractivity contribution < 1.29 is 4.52 Å². The summed E-state index contributed by atoms with van der Waals surface area (Å²) in [7, 11) is 0. The molecule has 1 saturated heterocycles. The summed E-state index contributed by atoms with van der Waals surface area (Å²) in [6.45, 7) is 3.62. The van der Waals surface area contributed by atoms with Gasteiger partial charge in [-0.1, -0.05) is 16.8 Å². The molecule has 7 heteroatoms. The molecule has 0 amide bonds. The van der Waals surface area contributed by atoms with Gasteiger partial charge >= 0.3 is 0 Å². The van der Waals surface area contributed by atoms with Crippen LogP contribution in [0.1, 0.15) is 30.5 Å². The molecule has 4 rings (SSSR count). The van der Waals surface area contributed by atoms with E-state index in [4.69, 9.17) is 16.1 Å². The van der Waals surface area contributed by atoms with Crippen LogP contribution < -0.4 is 4.90 Å². The molecule has 1 aromatic carbocycles. The maximum absolute atomic E-state index is 6.06. The lowest BCUT2D eigenvalue weighted by Crippen LogP contribution is -2.35. The first kappa shape index (κ1) is 14.4. The number of hydrogen-bond donors (Lipinski definition) is 0. The van der Waals surface area contributed by atoms with E-state index < -0.39 is 0 Å². The summed E-state index contributed by atoms with van der Waals surface area (Å²) in [5, 5.41) is 5.60. The Morgan fingerprint density at radius 2 is 2.22 bits per heavy atom. The van der Waals surface area contributed by atoms with Crippen LogP contribution in [0, 0.1) is 6.92 Å². The number of piperidine rings is 1. The summed E-state index contributed by atoms with van der Waals surface area (Å²) in [4.78, 5) is 15.5. The molecule has 6 nitrogen and oxygen atoms in total. The van der Waals surface area contributed by atoms with Crippen molar-refractivity contribution >= 4 is 28.3 Å². The first-order valence-corrected chi connectivity index (χ1v) is 8.04. The molecule has 0 spiro atoms. The highest BCUT2D eigenvalue weighted by molar-refractivity contribution is 6.31. The molecule has 3 aromatic rings. The predicted molar refractivity (Wildman–Crippen MR) is 87.8 cm³/mol. The van der Waals surface area contributed by atoms with Gasteiger partial charge in [0.1, 0.15) is 12.1 Å². The Morgan fingerprint density at radius 3 is 3.04 bits per heavy atom. The van der Waals surface area contributed by atoms with Crippen LogP contribution in [0.2, 0.25) is 5.02 Å². The van der Waals surface area contributed by atoms with Gasteiger partial charge in [-0.15, -0.1) is 0 Å². The van der Waals surface area contributed by atoms with Crippen molar-refractivity contribution in [2.75, 3.05) is 18.0 Å². The van der Waals surface area contributed by atoms with Gasteiger partial charge in [0.05, 0.1) is 11.4 Å². The van der Waals surface area contributed by atoms with Gasteiger partial charge in [0.2, 0.25) is 5.89 Å². The molecule has 1 fully saturated rings. The molecular formula is C16H16ClN5O. The van der Waals surface area contributed by atoms with Crippen molar-refractivity contribution in [2.45, 2.75) is 25.7 Å². The summed E-state index contributed by atoms with van der Waals surface area (Å²) >= 11 is 6.06. The quantitative estimate of drug-likeness (QED) is 0.718. The summed E-state index contributed by atoms with van der Waals surface area (Å²) in [6.07, 6.45) is 3.70. The Kier molecular flexibility index (Phi) is 3.61. The Bertz CT molecular complexity index is 849. The van der Waals surface area contributed by atoms with Crippen molar-refractivity contribution in [3.63, 3.8) is 0 Å². The fourth-order valence-corrected chi connectivity index (χ4v) is 3.28. The SMILES string of the molecule is Cc1noc(C2CCCN(c3ncnc4cc(Cl)ccc34)C2)n1. The van der Waals surface area contributed by atoms with E-state index in [9.17, 15) is 0 Å². The molecule has 1 atom stereocenters. The lowest BCUT2D eigenvalue weighted by atomic mass is 9.97. The topological polar surface area (TPSA) is 67.9 Å². The van der Waals surface area contributed by atoms with E-state index in [0.717, 1.165) is 42.7 Å². The van der Waals surface area contributed by atoms with Crippen molar-refractivity contribution in [2.24, 2.45) is 0 Å². The molecule has 2 aromatic heterocycles. The van der Waals surface area contributed by atoms with Crippen LogP contribution >= 0.6 is 11.6 Å². The summed E-state index contributed by atoms with van der Waals surface area (Å²) < 4.78 is 5.35. The molecule has 118 valence electrons. The number of fused-ring (bicyclic) bond motifs is 1. The molecule has 3 heterocycles. The third kappa shape index (κ3) is 2.74. The normalized spacial score (nSPS) is 18.5. The minimum absolute atomic E-state index is 0.238. The van der Waals surface area contributed by atoms with E-state index in [1.807, 2.05) is 25.1 Å².